The number of hydrogen-bond donors (Lipinski definition) is 1. The highest BCUT2D eigenvalue weighted by atomic mass is 16.6. The van der Waals surface area contributed by atoms with E-state index in [0.717, 1.165) is 29.9 Å². The fourth-order valence-electron chi connectivity index (χ4n) is 3.49. The minimum atomic E-state index is -0.377. The number of carbonyl (C=O) groups is 1. The van der Waals surface area contributed by atoms with Crippen molar-refractivity contribution < 1.29 is 14.3 Å². The van der Waals surface area contributed by atoms with Crippen molar-refractivity contribution in [2.75, 3.05) is 20.3 Å². The van der Waals surface area contributed by atoms with Gasteiger partial charge in [-0.25, -0.2) is 0 Å². The van der Waals surface area contributed by atoms with Gasteiger partial charge in [-0.3, -0.25) is 4.79 Å². The van der Waals surface area contributed by atoms with Gasteiger partial charge in [0, 0.05) is 13.6 Å². The van der Waals surface area contributed by atoms with E-state index >= 15 is 0 Å². The zero-order valence-corrected chi connectivity index (χ0v) is 13.8. The Labute approximate surface area is 137 Å². The van der Waals surface area contributed by atoms with Gasteiger partial charge in [-0.15, -0.1) is 0 Å². The smallest absolute Gasteiger partial charge is 0.239 e. The fraction of sp³-hybridized carbons (Fsp3) is 0.611. The lowest BCUT2D eigenvalue weighted by atomic mass is 9.84. The van der Waals surface area contributed by atoms with E-state index in [-0.39, 0.29) is 11.9 Å². The van der Waals surface area contributed by atoms with Crippen LogP contribution >= 0.6 is 0 Å². The van der Waals surface area contributed by atoms with E-state index in [9.17, 15) is 4.79 Å². The maximum absolute atomic E-state index is 12.6. The number of hydrogen-bond acceptors (Lipinski definition) is 4. The van der Waals surface area contributed by atoms with Gasteiger partial charge in [0.15, 0.2) is 11.5 Å². The monoisotopic (exact) mass is 318 g/mol. The summed E-state index contributed by atoms with van der Waals surface area (Å²) in [5.41, 5.74) is 7.25. The van der Waals surface area contributed by atoms with Crippen LogP contribution in [-0.2, 0) is 11.3 Å². The maximum Gasteiger partial charge on any atom is 0.239 e. The zero-order valence-electron chi connectivity index (χ0n) is 13.8. The third-order valence-corrected chi connectivity index (χ3v) is 4.85. The van der Waals surface area contributed by atoms with E-state index in [1.54, 1.807) is 4.90 Å². The molecule has 1 amide bonds. The summed E-state index contributed by atoms with van der Waals surface area (Å²) in [7, 11) is 1.82. The van der Waals surface area contributed by atoms with E-state index < -0.39 is 0 Å². The molecular formula is C18H26N2O3. The summed E-state index contributed by atoms with van der Waals surface area (Å²) in [6.45, 7) is 1.69. The highest BCUT2D eigenvalue weighted by Crippen LogP contribution is 2.31. The van der Waals surface area contributed by atoms with Crippen LogP contribution in [0.25, 0.3) is 0 Å². The molecular weight excluding hydrogens is 292 g/mol. The van der Waals surface area contributed by atoms with E-state index in [2.05, 4.69) is 0 Å². The average Bonchev–Trinajstić information content (AvgIpc) is 2.61. The molecule has 1 atom stereocenters. The normalized spacial score (nSPS) is 19.2. The van der Waals surface area contributed by atoms with Gasteiger partial charge in [0.2, 0.25) is 5.91 Å². The quantitative estimate of drug-likeness (QED) is 0.925. The second-order valence-corrected chi connectivity index (χ2v) is 6.60. The summed E-state index contributed by atoms with van der Waals surface area (Å²) in [4.78, 5) is 14.3. The largest absolute Gasteiger partial charge is 0.486 e. The molecule has 5 nitrogen and oxygen atoms in total. The molecule has 1 unspecified atom stereocenters. The second-order valence-electron chi connectivity index (χ2n) is 6.60. The molecule has 0 saturated heterocycles. The van der Waals surface area contributed by atoms with Gasteiger partial charge in [-0.05, 0) is 36.5 Å². The number of ether oxygens (including phenoxy) is 2. The molecule has 2 aliphatic rings. The molecule has 1 heterocycles. The number of nitrogens with two attached hydrogens (primary N) is 1. The van der Waals surface area contributed by atoms with Gasteiger partial charge in [0.25, 0.3) is 0 Å². The molecule has 1 aliphatic carbocycles. The summed E-state index contributed by atoms with van der Waals surface area (Å²) in [6.07, 6.45) is 5.80. The lowest BCUT2D eigenvalue weighted by Crippen LogP contribution is -2.46. The van der Waals surface area contributed by atoms with Crippen molar-refractivity contribution in [3.63, 3.8) is 0 Å². The van der Waals surface area contributed by atoms with Crippen molar-refractivity contribution in [3.05, 3.63) is 23.8 Å². The number of fused-ring (bicyclic) bond motifs is 1. The van der Waals surface area contributed by atoms with Crippen LogP contribution in [0, 0.1) is 5.92 Å². The summed E-state index contributed by atoms with van der Waals surface area (Å²) in [5, 5.41) is 0. The van der Waals surface area contributed by atoms with Crippen LogP contribution < -0.4 is 15.2 Å². The van der Waals surface area contributed by atoms with Crippen LogP contribution in [0.3, 0.4) is 0 Å². The number of amides is 1. The van der Waals surface area contributed by atoms with Crippen LogP contribution in [0.1, 0.15) is 37.7 Å². The summed E-state index contributed by atoms with van der Waals surface area (Å²) >= 11 is 0. The molecule has 1 aliphatic heterocycles. The number of nitrogens with zero attached hydrogens (tertiary/aromatic N) is 1. The van der Waals surface area contributed by atoms with Crippen molar-refractivity contribution in [2.24, 2.45) is 11.7 Å². The average molecular weight is 318 g/mol. The first kappa shape index (κ1) is 16.1. The van der Waals surface area contributed by atoms with Gasteiger partial charge >= 0.3 is 0 Å². The first-order valence-electron chi connectivity index (χ1n) is 8.54. The summed E-state index contributed by atoms with van der Waals surface area (Å²) in [5.74, 6) is 1.89. The van der Waals surface area contributed by atoms with E-state index in [4.69, 9.17) is 15.2 Å². The van der Waals surface area contributed by atoms with Crippen molar-refractivity contribution >= 4 is 5.91 Å². The minimum Gasteiger partial charge on any atom is -0.486 e. The Hall–Kier alpha value is -1.75. The molecule has 5 heteroatoms. The maximum atomic E-state index is 12.6. The molecule has 0 bridgehead atoms. The highest BCUT2D eigenvalue weighted by Gasteiger charge is 2.28. The highest BCUT2D eigenvalue weighted by molar-refractivity contribution is 5.81. The van der Waals surface area contributed by atoms with E-state index in [1.807, 2.05) is 25.2 Å². The lowest BCUT2D eigenvalue weighted by Gasteiger charge is -2.30. The Kier molecular flexibility index (Phi) is 5.06. The Morgan fingerprint density at radius 2 is 1.91 bits per heavy atom. The first-order valence-corrected chi connectivity index (χ1v) is 8.54. The van der Waals surface area contributed by atoms with Crippen molar-refractivity contribution in [3.8, 4) is 11.5 Å². The van der Waals surface area contributed by atoms with Gasteiger partial charge in [0.1, 0.15) is 13.2 Å². The van der Waals surface area contributed by atoms with Crippen molar-refractivity contribution in [2.45, 2.75) is 44.7 Å². The summed E-state index contributed by atoms with van der Waals surface area (Å²) in [6, 6.07) is 5.45. The molecule has 0 spiro atoms. The summed E-state index contributed by atoms with van der Waals surface area (Å²) < 4.78 is 11.1. The zero-order chi connectivity index (χ0) is 16.2. The number of rotatable bonds is 4. The van der Waals surface area contributed by atoms with E-state index in [1.165, 1.54) is 19.3 Å². The third-order valence-electron chi connectivity index (χ3n) is 4.85. The molecule has 0 aromatic heterocycles. The molecule has 23 heavy (non-hydrogen) atoms. The Balaban J connectivity index is 1.61. The standard InChI is InChI=1S/C18H26N2O3/c1-20(18(21)17(19)14-5-3-2-4-6-14)12-13-7-8-15-16(11-13)23-10-9-22-15/h7-8,11,14,17H,2-6,9-10,12,19H2,1H3. The Bertz CT molecular complexity index is 555. The number of likely N-dealkylation sites (N-methyl/N-ethyl adjacent to an activating group) is 1. The molecule has 0 radical (unpaired) electrons. The Morgan fingerprint density at radius 1 is 1.22 bits per heavy atom. The van der Waals surface area contributed by atoms with E-state index in [0.29, 0.717) is 25.7 Å². The van der Waals surface area contributed by atoms with Crippen LogP contribution in [0.2, 0.25) is 0 Å². The molecule has 3 rings (SSSR count). The predicted molar refractivity (Wildman–Crippen MR) is 88.5 cm³/mol. The third kappa shape index (κ3) is 3.78. The van der Waals surface area contributed by atoms with Gasteiger partial charge < -0.3 is 20.1 Å². The first-order chi connectivity index (χ1) is 11.1. The number of benzene rings is 1. The van der Waals surface area contributed by atoms with Crippen LogP contribution in [-0.4, -0.2) is 37.1 Å². The fourth-order valence-corrected chi connectivity index (χ4v) is 3.49. The van der Waals surface area contributed by atoms with Crippen molar-refractivity contribution in [1.82, 2.24) is 4.90 Å². The molecule has 126 valence electrons. The minimum absolute atomic E-state index is 0.0341. The number of carbonyl (C=O) groups excluding carboxylic acids is 1. The van der Waals surface area contributed by atoms with Gasteiger partial charge in [0.05, 0.1) is 6.04 Å². The molecule has 2 N–H and O–H groups in total. The molecule has 1 saturated carbocycles. The van der Waals surface area contributed by atoms with Crippen LogP contribution in [0.5, 0.6) is 11.5 Å². The SMILES string of the molecule is CN(Cc1ccc2c(c1)OCCO2)C(=O)C(N)C1CCCCC1. The van der Waals surface area contributed by atoms with Gasteiger partial charge in [-0.2, -0.15) is 0 Å². The topological polar surface area (TPSA) is 64.8 Å². The molecule has 1 aromatic rings. The van der Waals surface area contributed by atoms with Crippen molar-refractivity contribution in [1.29, 1.82) is 0 Å². The van der Waals surface area contributed by atoms with Crippen LogP contribution in [0.4, 0.5) is 0 Å². The Morgan fingerprint density at radius 3 is 2.65 bits per heavy atom. The lowest BCUT2D eigenvalue weighted by molar-refractivity contribution is -0.133. The molecule has 1 fully saturated rings. The van der Waals surface area contributed by atoms with Gasteiger partial charge in [-0.1, -0.05) is 25.3 Å². The molecule has 1 aromatic carbocycles. The van der Waals surface area contributed by atoms with Crippen LogP contribution in [0.15, 0.2) is 18.2 Å². The second kappa shape index (κ2) is 7.21. The predicted octanol–water partition coefficient (Wildman–Crippen LogP) is 2.32.